The molecule has 2 rings (SSSR count). The summed E-state index contributed by atoms with van der Waals surface area (Å²) < 4.78 is 0. The predicted octanol–water partition coefficient (Wildman–Crippen LogP) is 3.19. The quantitative estimate of drug-likeness (QED) is 0.643. The number of nitrogens with zero attached hydrogens (tertiary/aromatic N) is 1. The van der Waals surface area contributed by atoms with E-state index in [4.69, 9.17) is 0 Å². The number of hydrogen-bond acceptors (Lipinski definition) is 3. The van der Waals surface area contributed by atoms with Gasteiger partial charge in [-0.2, -0.15) is 0 Å². The Balaban J connectivity index is 2.03. The zero-order valence-corrected chi connectivity index (χ0v) is 10.3. The molecule has 1 fully saturated rings. The van der Waals surface area contributed by atoms with Crippen molar-refractivity contribution in [1.29, 1.82) is 0 Å². The molecule has 4 nitrogen and oxygen atoms in total. The van der Waals surface area contributed by atoms with E-state index in [0.29, 0.717) is 0 Å². The van der Waals surface area contributed by atoms with Gasteiger partial charge in [0, 0.05) is 23.7 Å². The summed E-state index contributed by atoms with van der Waals surface area (Å²) in [5.41, 5.74) is 1.50. The number of benzene rings is 1. The third-order valence-electron chi connectivity index (χ3n) is 3.63. The Morgan fingerprint density at radius 3 is 2.35 bits per heavy atom. The first-order chi connectivity index (χ1) is 8.00. The van der Waals surface area contributed by atoms with E-state index in [0.717, 1.165) is 5.56 Å². The molecule has 0 saturated heterocycles. The van der Waals surface area contributed by atoms with E-state index in [1.54, 1.807) is 12.1 Å². The highest BCUT2D eigenvalue weighted by Crippen LogP contribution is 2.33. The maximum atomic E-state index is 10.6. The Hall–Kier alpha value is -1.42. The van der Waals surface area contributed by atoms with Gasteiger partial charge in [-0.1, -0.05) is 12.1 Å². The van der Waals surface area contributed by atoms with E-state index >= 15 is 0 Å². The van der Waals surface area contributed by atoms with Crippen molar-refractivity contribution >= 4 is 5.69 Å². The maximum Gasteiger partial charge on any atom is 0.269 e. The average molecular weight is 234 g/mol. The van der Waals surface area contributed by atoms with Crippen molar-refractivity contribution in [3.8, 4) is 0 Å². The predicted molar refractivity (Wildman–Crippen MR) is 66.9 cm³/mol. The van der Waals surface area contributed by atoms with Gasteiger partial charge in [0.05, 0.1) is 4.92 Å². The van der Waals surface area contributed by atoms with Crippen molar-refractivity contribution in [2.24, 2.45) is 0 Å². The van der Waals surface area contributed by atoms with Crippen LogP contribution in [0.25, 0.3) is 0 Å². The molecule has 1 atom stereocenters. The fourth-order valence-corrected chi connectivity index (χ4v) is 2.34. The van der Waals surface area contributed by atoms with Crippen molar-refractivity contribution in [2.75, 3.05) is 0 Å². The van der Waals surface area contributed by atoms with Gasteiger partial charge < -0.3 is 5.32 Å². The van der Waals surface area contributed by atoms with Crippen LogP contribution < -0.4 is 5.32 Å². The lowest BCUT2D eigenvalue weighted by molar-refractivity contribution is -0.384. The van der Waals surface area contributed by atoms with Crippen LogP contribution in [0.15, 0.2) is 24.3 Å². The molecular formula is C13H18N2O2. The summed E-state index contributed by atoms with van der Waals surface area (Å²) in [6.07, 6.45) is 3.71. The van der Waals surface area contributed by atoms with Crippen LogP contribution in [-0.4, -0.2) is 10.5 Å². The first-order valence-electron chi connectivity index (χ1n) is 6.02. The zero-order valence-electron chi connectivity index (χ0n) is 10.3. The Labute approximate surface area is 101 Å². The van der Waals surface area contributed by atoms with E-state index in [-0.39, 0.29) is 22.2 Å². The number of nitrogens with one attached hydrogen (secondary N) is 1. The van der Waals surface area contributed by atoms with Crippen LogP contribution in [0.3, 0.4) is 0 Å². The minimum Gasteiger partial charge on any atom is -0.305 e. The first kappa shape index (κ1) is 12.0. The lowest BCUT2D eigenvalue weighted by Crippen LogP contribution is -2.49. The molecule has 1 aromatic carbocycles. The van der Waals surface area contributed by atoms with E-state index in [2.05, 4.69) is 19.2 Å². The van der Waals surface area contributed by atoms with E-state index < -0.39 is 0 Å². The summed E-state index contributed by atoms with van der Waals surface area (Å²) in [5, 5.41) is 14.1. The number of hydrogen-bond donors (Lipinski definition) is 1. The van der Waals surface area contributed by atoms with Crippen LogP contribution in [-0.2, 0) is 0 Å². The number of nitro groups is 1. The van der Waals surface area contributed by atoms with Crippen LogP contribution in [0, 0.1) is 10.1 Å². The monoisotopic (exact) mass is 234 g/mol. The number of nitro benzene ring substituents is 1. The summed E-state index contributed by atoms with van der Waals surface area (Å²) in [4.78, 5) is 10.2. The fraction of sp³-hybridized carbons (Fsp3) is 0.538. The second kappa shape index (κ2) is 4.45. The highest BCUT2D eigenvalue weighted by molar-refractivity contribution is 5.34. The van der Waals surface area contributed by atoms with Crippen molar-refractivity contribution in [3.05, 3.63) is 39.9 Å². The second-order valence-corrected chi connectivity index (χ2v) is 5.13. The van der Waals surface area contributed by atoms with Gasteiger partial charge in [0.25, 0.3) is 5.69 Å². The van der Waals surface area contributed by atoms with Crippen molar-refractivity contribution in [3.63, 3.8) is 0 Å². The van der Waals surface area contributed by atoms with Crippen LogP contribution in [0.1, 0.15) is 44.7 Å². The molecule has 0 radical (unpaired) electrons. The molecule has 1 aliphatic carbocycles. The molecule has 1 aliphatic rings. The summed E-state index contributed by atoms with van der Waals surface area (Å²) in [5.74, 6) is 0. The molecule has 0 heterocycles. The molecule has 0 amide bonds. The highest BCUT2D eigenvalue weighted by atomic mass is 16.6. The van der Waals surface area contributed by atoms with Gasteiger partial charge in [-0.05, 0) is 38.7 Å². The summed E-state index contributed by atoms with van der Waals surface area (Å²) >= 11 is 0. The minimum atomic E-state index is -0.366. The maximum absolute atomic E-state index is 10.6. The van der Waals surface area contributed by atoms with Crippen LogP contribution in [0.4, 0.5) is 5.69 Å². The summed E-state index contributed by atoms with van der Waals surface area (Å²) in [6.45, 7) is 4.34. The molecule has 0 aliphatic heterocycles. The average Bonchev–Trinajstić information content (AvgIpc) is 2.27. The Morgan fingerprint density at radius 2 is 1.94 bits per heavy atom. The topological polar surface area (TPSA) is 55.2 Å². The highest BCUT2D eigenvalue weighted by Gasteiger charge is 2.32. The smallest absolute Gasteiger partial charge is 0.269 e. The molecule has 1 aromatic rings. The molecule has 92 valence electrons. The second-order valence-electron chi connectivity index (χ2n) is 5.13. The van der Waals surface area contributed by atoms with Gasteiger partial charge in [-0.15, -0.1) is 0 Å². The van der Waals surface area contributed by atoms with Crippen molar-refractivity contribution in [1.82, 2.24) is 5.32 Å². The van der Waals surface area contributed by atoms with Gasteiger partial charge in [-0.3, -0.25) is 10.1 Å². The van der Waals surface area contributed by atoms with Crippen molar-refractivity contribution in [2.45, 2.75) is 44.7 Å². The Morgan fingerprint density at radius 1 is 1.35 bits per heavy atom. The summed E-state index contributed by atoms with van der Waals surface area (Å²) in [6, 6.07) is 7.03. The molecule has 0 spiro atoms. The van der Waals surface area contributed by atoms with Crippen molar-refractivity contribution < 1.29 is 4.92 Å². The lowest BCUT2D eigenvalue weighted by Gasteiger charge is -2.41. The molecule has 1 saturated carbocycles. The summed E-state index contributed by atoms with van der Waals surface area (Å²) in [7, 11) is 0. The van der Waals surface area contributed by atoms with E-state index in [1.807, 2.05) is 12.1 Å². The van der Waals surface area contributed by atoms with E-state index in [9.17, 15) is 10.1 Å². The van der Waals surface area contributed by atoms with Gasteiger partial charge in [-0.25, -0.2) is 0 Å². The molecule has 4 heteroatoms. The number of rotatable bonds is 4. The standard InChI is InChI=1S/C13H18N2O2/c1-10(14-13(2)8-3-9-13)11-4-6-12(7-5-11)15(16)17/h4-7,10,14H,3,8-9H2,1-2H3. The Bertz CT molecular complexity index is 410. The largest absolute Gasteiger partial charge is 0.305 e. The van der Waals surface area contributed by atoms with Crippen LogP contribution >= 0.6 is 0 Å². The lowest BCUT2D eigenvalue weighted by atomic mass is 9.78. The van der Waals surface area contributed by atoms with E-state index in [1.165, 1.54) is 19.3 Å². The molecule has 1 N–H and O–H groups in total. The third kappa shape index (κ3) is 2.64. The third-order valence-corrected chi connectivity index (χ3v) is 3.63. The SMILES string of the molecule is CC(NC1(C)CCC1)c1ccc([N+](=O)[O-])cc1. The first-order valence-corrected chi connectivity index (χ1v) is 6.02. The van der Waals surface area contributed by atoms with Gasteiger partial charge in [0.1, 0.15) is 0 Å². The molecule has 1 unspecified atom stereocenters. The molecule has 17 heavy (non-hydrogen) atoms. The normalized spacial score (nSPS) is 19.4. The Kier molecular flexibility index (Phi) is 3.15. The van der Waals surface area contributed by atoms with Crippen LogP contribution in [0.5, 0.6) is 0 Å². The van der Waals surface area contributed by atoms with Gasteiger partial charge in [0.15, 0.2) is 0 Å². The fourth-order valence-electron chi connectivity index (χ4n) is 2.34. The van der Waals surface area contributed by atoms with Gasteiger partial charge in [0.2, 0.25) is 0 Å². The number of non-ortho nitro benzene ring substituents is 1. The van der Waals surface area contributed by atoms with Crippen LogP contribution in [0.2, 0.25) is 0 Å². The van der Waals surface area contributed by atoms with Gasteiger partial charge >= 0.3 is 0 Å². The molecule has 0 bridgehead atoms. The molecule has 0 aromatic heterocycles. The zero-order chi connectivity index (χ0) is 12.5. The molecular weight excluding hydrogens is 216 g/mol. The minimum absolute atomic E-state index is 0.149.